The van der Waals surface area contributed by atoms with Crippen LogP contribution < -0.4 is 4.90 Å². The zero-order valence-corrected chi connectivity index (χ0v) is 10.7. The van der Waals surface area contributed by atoms with E-state index in [1.807, 2.05) is 37.3 Å². The summed E-state index contributed by atoms with van der Waals surface area (Å²) < 4.78 is 5.23. The number of hydrogen-bond donors (Lipinski definition) is 0. The number of nitriles is 1. The molecule has 0 spiro atoms. The first kappa shape index (κ1) is 12.9. The van der Waals surface area contributed by atoms with Crippen LogP contribution in [0, 0.1) is 18.3 Å². The van der Waals surface area contributed by atoms with Crippen LogP contribution in [0.15, 0.2) is 47.1 Å². The molecule has 2 aromatic rings. The highest BCUT2D eigenvalue weighted by molar-refractivity contribution is 6.05. The Hall–Kier alpha value is -2.54. The van der Waals surface area contributed by atoms with Crippen molar-refractivity contribution in [3.05, 3.63) is 54.0 Å². The lowest BCUT2D eigenvalue weighted by molar-refractivity contribution is 0.0960. The van der Waals surface area contributed by atoms with Gasteiger partial charge in [0.25, 0.3) is 5.91 Å². The van der Waals surface area contributed by atoms with Gasteiger partial charge in [0.05, 0.1) is 18.8 Å². The summed E-state index contributed by atoms with van der Waals surface area (Å²) in [5.41, 5.74) is 1.56. The van der Waals surface area contributed by atoms with Crippen molar-refractivity contribution in [2.75, 3.05) is 11.4 Å². The van der Waals surface area contributed by atoms with E-state index in [0.717, 1.165) is 11.3 Å². The van der Waals surface area contributed by atoms with Gasteiger partial charge >= 0.3 is 0 Å². The van der Waals surface area contributed by atoms with Gasteiger partial charge in [-0.3, -0.25) is 4.79 Å². The maximum Gasteiger partial charge on any atom is 0.294 e. The van der Waals surface area contributed by atoms with E-state index in [1.54, 1.807) is 11.0 Å². The molecule has 0 aliphatic heterocycles. The van der Waals surface area contributed by atoms with Gasteiger partial charge in [0.1, 0.15) is 0 Å². The van der Waals surface area contributed by atoms with Gasteiger partial charge in [0.2, 0.25) is 0 Å². The van der Waals surface area contributed by atoms with Crippen molar-refractivity contribution in [2.24, 2.45) is 0 Å². The quantitative estimate of drug-likeness (QED) is 0.842. The Balaban J connectivity index is 2.31. The molecule has 0 aliphatic rings. The van der Waals surface area contributed by atoms with Crippen LogP contribution in [0.1, 0.15) is 22.5 Å². The fourth-order valence-electron chi connectivity index (χ4n) is 1.83. The van der Waals surface area contributed by atoms with Crippen LogP contribution in [0.25, 0.3) is 0 Å². The molecule has 0 atom stereocenters. The summed E-state index contributed by atoms with van der Waals surface area (Å²) in [6.45, 7) is 2.17. The minimum atomic E-state index is -0.219. The minimum absolute atomic E-state index is 0.219. The Morgan fingerprint density at radius 3 is 2.63 bits per heavy atom. The first-order valence-corrected chi connectivity index (χ1v) is 6.02. The number of amides is 1. The number of anilines is 1. The summed E-state index contributed by atoms with van der Waals surface area (Å²) in [5, 5.41) is 8.72. The monoisotopic (exact) mass is 254 g/mol. The third-order valence-corrected chi connectivity index (χ3v) is 2.82. The van der Waals surface area contributed by atoms with Gasteiger partial charge in [-0.15, -0.1) is 0 Å². The standard InChI is InChI=1S/C15H14N2O2/c1-12-8-11-19-14(12)15(18)17(10-5-9-16)13-6-3-2-4-7-13/h2-4,6-8,11H,5,10H2,1H3. The highest BCUT2D eigenvalue weighted by Gasteiger charge is 2.21. The van der Waals surface area contributed by atoms with Gasteiger partial charge in [0.15, 0.2) is 5.76 Å². The van der Waals surface area contributed by atoms with Crippen LogP contribution in [0.3, 0.4) is 0 Å². The largest absolute Gasteiger partial charge is 0.459 e. The number of rotatable bonds is 4. The third kappa shape index (κ3) is 2.83. The summed E-state index contributed by atoms with van der Waals surface area (Å²) in [6.07, 6.45) is 1.77. The molecule has 1 heterocycles. The first-order valence-electron chi connectivity index (χ1n) is 6.02. The number of nitrogens with zero attached hydrogens (tertiary/aromatic N) is 2. The van der Waals surface area contributed by atoms with Gasteiger partial charge in [-0.2, -0.15) is 5.26 Å². The predicted octanol–water partition coefficient (Wildman–Crippen LogP) is 3.15. The molecule has 0 radical (unpaired) electrons. The highest BCUT2D eigenvalue weighted by atomic mass is 16.3. The molecule has 2 rings (SSSR count). The molecule has 1 amide bonds. The van der Waals surface area contributed by atoms with E-state index >= 15 is 0 Å². The van der Waals surface area contributed by atoms with Crippen LogP contribution in [-0.2, 0) is 0 Å². The van der Waals surface area contributed by atoms with Crippen LogP contribution in [0.5, 0.6) is 0 Å². The second-order valence-corrected chi connectivity index (χ2v) is 4.13. The molecule has 1 aromatic carbocycles. The lowest BCUT2D eigenvalue weighted by Crippen LogP contribution is -2.31. The van der Waals surface area contributed by atoms with E-state index in [1.165, 1.54) is 6.26 Å². The average Bonchev–Trinajstić information content (AvgIpc) is 2.86. The Morgan fingerprint density at radius 1 is 1.32 bits per heavy atom. The summed E-state index contributed by atoms with van der Waals surface area (Å²) >= 11 is 0. The van der Waals surface area contributed by atoms with E-state index in [-0.39, 0.29) is 12.3 Å². The lowest BCUT2D eigenvalue weighted by Gasteiger charge is -2.20. The van der Waals surface area contributed by atoms with Crippen molar-refractivity contribution in [1.29, 1.82) is 5.26 Å². The smallest absolute Gasteiger partial charge is 0.294 e. The fraction of sp³-hybridized carbons (Fsp3) is 0.200. The van der Waals surface area contributed by atoms with E-state index in [2.05, 4.69) is 6.07 Å². The molecule has 0 fully saturated rings. The maximum atomic E-state index is 12.5. The second kappa shape index (κ2) is 5.87. The number of para-hydroxylation sites is 1. The molecular weight excluding hydrogens is 240 g/mol. The van der Waals surface area contributed by atoms with Crippen LogP contribution >= 0.6 is 0 Å². The highest BCUT2D eigenvalue weighted by Crippen LogP contribution is 2.19. The lowest BCUT2D eigenvalue weighted by atomic mass is 10.2. The molecule has 0 saturated heterocycles. The molecule has 4 heteroatoms. The van der Waals surface area contributed by atoms with Crippen LogP contribution in [0.4, 0.5) is 5.69 Å². The van der Waals surface area contributed by atoms with Crippen LogP contribution in [0.2, 0.25) is 0 Å². The molecule has 0 N–H and O–H groups in total. The number of carbonyl (C=O) groups excluding carboxylic acids is 1. The normalized spacial score (nSPS) is 9.89. The van der Waals surface area contributed by atoms with Gasteiger partial charge in [0, 0.05) is 17.8 Å². The first-order chi connectivity index (χ1) is 9.24. The minimum Gasteiger partial charge on any atom is -0.459 e. The van der Waals surface area contributed by atoms with Crippen molar-refractivity contribution >= 4 is 11.6 Å². The molecule has 4 nitrogen and oxygen atoms in total. The van der Waals surface area contributed by atoms with Gasteiger partial charge in [-0.05, 0) is 25.1 Å². The zero-order valence-electron chi connectivity index (χ0n) is 10.7. The topological polar surface area (TPSA) is 57.2 Å². The Bertz CT molecular complexity index is 596. The van der Waals surface area contributed by atoms with Gasteiger partial charge in [-0.25, -0.2) is 0 Å². The van der Waals surface area contributed by atoms with Gasteiger partial charge in [-0.1, -0.05) is 18.2 Å². The third-order valence-electron chi connectivity index (χ3n) is 2.82. The predicted molar refractivity (Wildman–Crippen MR) is 71.8 cm³/mol. The van der Waals surface area contributed by atoms with Crippen molar-refractivity contribution in [2.45, 2.75) is 13.3 Å². The number of furan rings is 1. The number of benzene rings is 1. The SMILES string of the molecule is Cc1ccoc1C(=O)N(CCC#N)c1ccccc1. The Morgan fingerprint density at radius 2 is 2.05 bits per heavy atom. The van der Waals surface area contributed by atoms with Crippen molar-refractivity contribution in [3.8, 4) is 6.07 Å². The molecule has 96 valence electrons. The Kier molecular flexibility index (Phi) is 3.99. The second-order valence-electron chi connectivity index (χ2n) is 4.13. The average molecular weight is 254 g/mol. The summed E-state index contributed by atoms with van der Waals surface area (Å²) in [6, 6.07) is 13.1. The number of hydrogen-bond acceptors (Lipinski definition) is 3. The zero-order chi connectivity index (χ0) is 13.7. The van der Waals surface area contributed by atoms with Crippen molar-refractivity contribution < 1.29 is 9.21 Å². The molecule has 19 heavy (non-hydrogen) atoms. The van der Waals surface area contributed by atoms with Crippen molar-refractivity contribution in [3.63, 3.8) is 0 Å². The number of aryl methyl sites for hydroxylation is 1. The summed E-state index contributed by atoms with van der Waals surface area (Å²) in [5.74, 6) is 0.103. The number of carbonyl (C=O) groups is 1. The van der Waals surface area contributed by atoms with E-state index in [9.17, 15) is 4.79 Å². The molecule has 0 unspecified atom stereocenters. The molecule has 0 aliphatic carbocycles. The summed E-state index contributed by atoms with van der Waals surface area (Å²) in [7, 11) is 0. The molecule has 0 bridgehead atoms. The van der Waals surface area contributed by atoms with E-state index < -0.39 is 0 Å². The molecule has 0 saturated carbocycles. The van der Waals surface area contributed by atoms with E-state index in [4.69, 9.17) is 9.68 Å². The van der Waals surface area contributed by atoms with Gasteiger partial charge < -0.3 is 9.32 Å². The maximum absolute atomic E-state index is 12.5. The summed E-state index contributed by atoms with van der Waals surface area (Å²) in [4.78, 5) is 14.0. The van der Waals surface area contributed by atoms with Crippen molar-refractivity contribution in [1.82, 2.24) is 0 Å². The molecular formula is C15H14N2O2. The molecule has 1 aromatic heterocycles. The van der Waals surface area contributed by atoms with E-state index in [0.29, 0.717) is 12.3 Å². The van der Waals surface area contributed by atoms with Crippen LogP contribution in [-0.4, -0.2) is 12.5 Å². The fourth-order valence-corrected chi connectivity index (χ4v) is 1.83. The Labute approximate surface area is 111 Å².